The highest BCUT2D eigenvalue weighted by molar-refractivity contribution is 5.65. The van der Waals surface area contributed by atoms with E-state index in [2.05, 4.69) is 0 Å². The number of ether oxygens (including phenoxy) is 2. The predicted molar refractivity (Wildman–Crippen MR) is 49.6 cm³/mol. The lowest BCUT2D eigenvalue weighted by Crippen LogP contribution is -2.02. The second-order valence-corrected chi connectivity index (χ2v) is 3.28. The van der Waals surface area contributed by atoms with Crippen LogP contribution in [0.5, 0.6) is 0 Å². The van der Waals surface area contributed by atoms with Crippen LogP contribution in [-0.2, 0) is 14.3 Å². The lowest BCUT2D eigenvalue weighted by atomic mass is 10.2. The van der Waals surface area contributed by atoms with Crippen molar-refractivity contribution in [1.82, 2.24) is 0 Å². The van der Waals surface area contributed by atoms with Crippen molar-refractivity contribution >= 4 is 6.29 Å². The van der Waals surface area contributed by atoms with Gasteiger partial charge >= 0.3 is 0 Å². The van der Waals surface area contributed by atoms with Gasteiger partial charge in [-0.1, -0.05) is 5.57 Å². The lowest BCUT2D eigenvalue weighted by Gasteiger charge is -2.01. The van der Waals surface area contributed by atoms with Gasteiger partial charge < -0.3 is 9.47 Å². The van der Waals surface area contributed by atoms with Crippen LogP contribution in [0.2, 0.25) is 0 Å². The zero-order chi connectivity index (χ0) is 9.52. The molecule has 1 aliphatic heterocycles. The van der Waals surface area contributed by atoms with Gasteiger partial charge in [0, 0.05) is 6.61 Å². The summed E-state index contributed by atoms with van der Waals surface area (Å²) >= 11 is 0. The van der Waals surface area contributed by atoms with Crippen molar-refractivity contribution in [2.45, 2.75) is 25.9 Å². The van der Waals surface area contributed by atoms with Gasteiger partial charge in [0.25, 0.3) is 0 Å². The Morgan fingerprint density at radius 3 is 3.08 bits per heavy atom. The Balaban J connectivity index is 1.87. The molecule has 1 saturated heterocycles. The number of allylic oxidation sites excluding steroid dienone is 2. The minimum absolute atomic E-state index is 0.353. The van der Waals surface area contributed by atoms with E-state index in [-0.39, 0.29) is 0 Å². The molecule has 74 valence electrons. The Hall–Kier alpha value is -0.670. The molecular weight excluding hydrogens is 168 g/mol. The smallest absolute Gasteiger partial charge is 0.142 e. The van der Waals surface area contributed by atoms with E-state index in [4.69, 9.17) is 9.47 Å². The first kappa shape index (κ1) is 10.4. The number of epoxide rings is 1. The summed E-state index contributed by atoms with van der Waals surface area (Å²) in [6.45, 7) is 4.28. The van der Waals surface area contributed by atoms with Gasteiger partial charge in [-0.3, -0.25) is 4.79 Å². The third-order valence-corrected chi connectivity index (χ3v) is 1.92. The van der Waals surface area contributed by atoms with E-state index in [1.165, 1.54) is 0 Å². The molecule has 0 radical (unpaired) electrons. The summed E-state index contributed by atoms with van der Waals surface area (Å²) in [6, 6.07) is 0. The van der Waals surface area contributed by atoms with Gasteiger partial charge in [-0.15, -0.1) is 0 Å². The third kappa shape index (κ3) is 5.55. The first-order valence-corrected chi connectivity index (χ1v) is 4.63. The van der Waals surface area contributed by atoms with Gasteiger partial charge in [-0.25, -0.2) is 0 Å². The third-order valence-electron chi connectivity index (χ3n) is 1.92. The molecule has 0 aromatic heterocycles. The van der Waals surface area contributed by atoms with Crippen LogP contribution in [0.15, 0.2) is 11.6 Å². The number of carbonyl (C=O) groups is 1. The van der Waals surface area contributed by atoms with Crippen molar-refractivity contribution in [3.8, 4) is 0 Å². The first-order chi connectivity index (χ1) is 6.33. The second-order valence-electron chi connectivity index (χ2n) is 3.28. The quantitative estimate of drug-likeness (QED) is 0.259. The van der Waals surface area contributed by atoms with Gasteiger partial charge in [0.2, 0.25) is 0 Å². The standard InChI is InChI=1S/C10H16O3/c1-9(4-5-11)3-2-6-12-7-10-8-13-10/h4-5,10H,2-3,6-8H2,1H3. The maximum atomic E-state index is 10.1. The number of aldehydes is 1. The van der Waals surface area contributed by atoms with E-state index < -0.39 is 0 Å². The molecule has 3 heteroatoms. The molecule has 0 N–H and O–H groups in total. The molecule has 1 aliphatic rings. The number of carbonyl (C=O) groups excluding carboxylic acids is 1. The van der Waals surface area contributed by atoms with Crippen LogP contribution in [0.3, 0.4) is 0 Å². The predicted octanol–water partition coefficient (Wildman–Crippen LogP) is 1.33. The van der Waals surface area contributed by atoms with Gasteiger partial charge in [0.1, 0.15) is 12.4 Å². The summed E-state index contributed by atoms with van der Waals surface area (Å²) in [5.74, 6) is 0. The van der Waals surface area contributed by atoms with Crippen LogP contribution in [0.1, 0.15) is 19.8 Å². The highest BCUT2D eigenvalue weighted by Gasteiger charge is 2.21. The Labute approximate surface area is 78.7 Å². The zero-order valence-corrected chi connectivity index (χ0v) is 7.99. The van der Waals surface area contributed by atoms with E-state index in [0.717, 1.165) is 44.5 Å². The summed E-state index contributed by atoms with van der Waals surface area (Å²) in [5, 5.41) is 0. The molecule has 0 aromatic carbocycles. The molecule has 0 aliphatic carbocycles. The van der Waals surface area contributed by atoms with Gasteiger partial charge in [-0.05, 0) is 25.8 Å². The van der Waals surface area contributed by atoms with E-state index >= 15 is 0 Å². The van der Waals surface area contributed by atoms with Crippen LogP contribution in [0.4, 0.5) is 0 Å². The molecular formula is C10H16O3. The molecule has 0 bridgehead atoms. The van der Waals surface area contributed by atoms with Crippen molar-refractivity contribution in [2.24, 2.45) is 0 Å². The van der Waals surface area contributed by atoms with Crippen molar-refractivity contribution < 1.29 is 14.3 Å². The number of hydrogen-bond donors (Lipinski definition) is 0. The molecule has 1 fully saturated rings. The van der Waals surface area contributed by atoms with Crippen LogP contribution < -0.4 is 0 Å². The Bertz CT molecular complexity index is 183. The normalized spacial score (nSPS) is 21.6. The number of rotatable bonds is 7. The van der Waals surface area contributed by atoms with E-state index in [1.54, 1.807) is 6.08 Å². The summed E-state index contributed by atoms with van der Waals surface area (Å²) in [7, 11) is 0. The fraction of sp³-hybridized carbons (Fsp3) is 0.700. The Morgan fingerprint density at radius 1 is 1.69 bits per heavy atom. The number of hydrogen-bond acceptors (Lipinski definition) is 3. The minimum Gasteiger partial charge on any atom is -0.379 e. The molecule has 13 heavy (non-hydrogen) atoms. The molecule has 1 heterocycles. The Kier molecular flexibility index (Phi) is 4.72. The fourth-order valence-corrected chi connectivity index (χ4v) is 1.03. The largest absolute Gasteiger partial charge is 0.379 e. The topological polar surface area (TPSA) is 38.8 Å². The molecule has 0 spiro atoms. The lowest BCUT2D eigenvalue weighted by molar-refractivity contribution is -0.104. The molecule has 1 atom stereocenters. The summed E-state index contributed by atoms with van der Waals surface area (Å²) in [4.78, 5) is 10.1. The first-order valence-electron chi connectivity index (χ1n) is 4.63. The monoisotopic (exact) mass is 184 g/mol. The summed E-state index contributed by atoms with van der Waals surface area (Å²) in [6.07, 6.45) is 4.69. The highest BCUT2D eigenvalue weighted by atomic mass is 16.6. The zero-order valence-electron chi connectivity index (χ0n) is 7.99. The van der Waals surface area contributed by atoms with Gasteiger partial charge in [0.05, 0.1) is 13.2 Å². The van der Waals surface area contributed by atoms with E-state index in [0.29, 0.717) is 6.10 Å². The molecule has 1 unspecified atom stereocenters. The minimum atomic E-state index is 0.353. The highest BCUT2D eigenvalue weighted by Crippen LogP contribution is 2.09. The van der Waals surface area contributed by atoms with Gasteiger partial charge in [0.15, 0.2) is 0 Å². The SMILES string of the molecule is CC(=CC=O)CCCOCC1CO1. The average Bonchev–Trinajstić information content (AvgIpc) is 2.88. The van der Waals surface area contributed by atoms with E-state index in [1.807, 2.05) is 6.92 Å². The van der Waals surface area contributed by atoms with Crippen molar-refractivity contribution in [1.29, 1.82) is 0 Å². The van der Waals surface area contributed by atoms with Crippen LogP contribution in [0, 0.1) is 0 Å². The van der Waals surface area contributed by atoms with Crippen molar-refractivity contribution in [2.75, 3.05) is 19.8 Å². The van der Waals surface area contributed by atoms with Crippen LogP contribution in [0.25, 0.3) is 0 Å². The maximum Gasteiger partial charge on any atom is 0.142 e. The molecule has 0 saturated carbocycles. The average molecular weight is 184 g/mol. The van der Waals surface area contributed by atoms with Crippen LogP contribution >= 0.6 is 0 Å². The molecule has 3 nitrogen and oxygen atoms in total. The maximum absolute atomic E-state index is 10.1. The second kappa shape index (κ2) is 5.89. The molecule has 0 amide bonds. The summed E-state index contributed by atoms with van der Waals surface area (Å²) < 4.78 is 10.3. The molecule has 1 rings (SSSR count). The molecule has 0 aromatic rings. The Morgan fingerprint density at radius 2 is 2.46 bits per heavy atom. The van der Waals surface area contributed by atoms with E-state index in [9.17, 15) is 4.79 Å². The van der Waals surface area contributed by atoms with Crippen molar-refractivity contribution in [3.05, 3.63) is 11.6 Å². The van der Waals surface area contributed by atoms with Crippen molar-refractivity contribution in [3.63, 3.8) is 0 Å². The summed E-state index contributed by atoms with van der Waals surface area (Å²) in [5.41, 5.74) is 1.11. The fourth-order valence-electron chi connectivity index (χ4n) is 1.03. The van der Waals surface area contributed by atoms with Gasteiger partial charge in [-0.2, -0.15) is 0 Å². The van der Waals surface area contributed by atoms with Crippen LogP contribution in [-0.4, -0.2) is 32.2 Å².